The number of methoxy groups -OCH3 is 2. The number of likely N-dealkylation sites (tertiary alicyclic amines) is 1. The van der Waals surface area contributed by atoms with Gasteiger partial charge in [-0.3, -0.25) is 29.5 Å². The molecular formula is C42H37Cl2N3O8. The lowest BCUT2D eigenvalue weighted by atomic mass is 9.49. The molecule has 2 aliphatic carbocycles. The van der Waals surface area contributed by atoms with E-state index in [1.165, 1.54) is 37.3 Å². The number of rotatable bonds is 9. The highest BCUT2D eigenvalue weighted by Gasteiger charge is 2.70. The number of halogens is 2. The fourth-order valence-electron chi connectivity index (χ4n) is 9.32. The molecule has 2 heterocycles. The van der Waals surface area contributed by atoms with Crippen LogP contribution in [-0.2, 0) is 31.0 Å². The Hall–Kier alpha value is -5.52. The summed E-state index contributed by atoms with van der Waals surface area (Å²) in [5.41, 5.74) is 4.36. The van der Waals surface area contributed by atoms with E-state index in [1.54, 1.807) is 66.7 Å². The van der Waals surface area contributed by atoms with Gasteiger partial charge in [0.2, 0.25) is 11.8 Å². The highest BCUT2D eigenvalue weighted by molar-refractivity contribution is 6.36. The van der Waals surface area contributed by atoms with Gasteiger partial charge in [-0.1, -0.05) is 65.2 Å². The Bertz CT molecular complexity index is 2260. The quantitative estimate of drug-likeness (QED) is 0.126. The van der Waals surface area contributed by atoms with Crippen molar-refractivity contribution in [3.05, 3.63) is 123 Å². The number of allylic oxidation sites excluding steroid dienone is 2. The average Bonchev–Trinajstić information content (AvgIpc) is 3.55. The normalized spacial score (nSPS) is 25.7. The molecule has 4 aliphatic rings. The Balaban J connectivity index is 1.28. The first kappa shape index (κ1) is 36.5. The number of hydrogen-bond donors (Lipinski definition) is 3. The van der Waals surface area contributed by atoms with E-state index in [2.05, 4.69) is 5.43 Å². The van der Waals surface area contributed by atoms with Crippen molar-refractivity contribution in [1.82, 2.24) is 9.91 Å². The van der Waals surface area contributed by atoms with Crippen LogP contribution in [0.3, 0.4) is 0 Å². The lowest BCUT2D eigenvalue weighted by molar-refractivity contribution is -0.141. The van der Waals surface area contributed by atoms with Gasteiger partial charge in [-0.15, -0.1) is 0 Å². The summed E-state index contributed by atoms with van der Waals surface area (Å²) in [6.45, 7) is 0.156. The van der Waals surface area contributed by atoms with Crippen LogP contribution in [0, 0.1) is 23.7 Å². The molecule has 0 bridgehead atoms. The van der Waals surface area contributed by atoms with E-state index < -0.39 is 46.8 Å². The highest BCUT2D eigenvalue weighted by Crippen LogP contribution is 2.65. The molecule has 13 heteroatoms. The first-order chi connectivity index (χ1) is 26.5. The molecular weight excluding hydrogens is 745 g/mol. The van der Waals surface area contributed by atoms with Crippen LogP contribution in [0.25, 0.3) is 0 Å². The second-order valence-corrected chi connectivity index (χ2v) is 15.2. The summed E-state index contributed by atoms with van der Waals surface area (Å²) >= 11 is 12.7. The van der Waals surface area contributed by atoms with Gasteiger partial charge in [0.05, 0.1) is 48.1 Å². The van der Waals surface area contributed by atoms with Gasteiger partial charge in [-0.25, -0.2) is 0 Å². The van der Waals surface area contributed by atoms with Gasteiger partial charge in [0.25, 0.3) is 11.8 Å². The van der Waals surface area contributed by atoms with Gasteiger partial charge >= 0.3 is 0 Å². The van der Waals surface area contributed by atoms with E-state index in [0.29, 0.717) is 28.3 Å². The second-order valence-electron chi connectivity index (χ2n) is 14.4. The van der Waals surface area contributed by atoms with Gasteiger partial charge in [-0.05, 0) is 84.8 Å². The fraction of sp³-hybridized carbons (Fsp3) is 0.286. The minimum atomic E-state index is -1.58. The van der Waals surface area contributed by atoms with E-state index in [0.717, 1.165) is 16.1 Å². The molecule has 2 aliphatic heterocycles. The summed E-state index contributed by atoms with van der Waals surface area (Å²) in [4.78, 5) is 60.2. The summed E-state index contributed by atoms with van der Waals surface area (Å²) in [6, 6.07) is 23.0. The first-order valence-corrected chi connectivity index (χ1v) is 18.7. The van der Waals surface area contributed by atoms with Crippen molar-refractivity contribution in [3.63, 3.8) is 0 Å². The molecule has 4 aromatic rings. The third-order valence-corrected chi connectivity index (χ3v) is 12.3. The summed E-state index contributed by atoms with van der Waals surface area (Å²) in [5.74, 6) is -4.70. The monoisotopic (exact) mass is 781 g/mol. The number of hydrazine groups is 1. The zero-order valence-electron chi connectivity index (χ0n) is 29.9. The Morgan fingerprint density at radius 1 is 0.818 bits per heavy atom. The summed E-state index contributed by atoms with van der Waals surface area (Å²) in [5, 5.41) is 21.9. The smallest absolute Gasteiger partial charge is 0.260 e. The minimum Gasteiger partial charge on any atom is -0.508 e. The van der Waals surface area contributed by atoms with Crippen molar-refractivity contribution in [2.24, 2.45) is 23.7 Å². The number of carbonyl (C=O) groups excluding carboxylic acids is 4. The standard InChI is InChI=1S/C42H37Cl2N3O8/c1-54-27-11-5-23(6-12-27)42-32(39(51)47(41(42)53)45-34-16-7-24(43)19-33(34)44)21-31-28(37(42)29-13-10-26(49)20-35(29)55-2)14-15-30-36(31)40(52)46(38(30)50)18-17-22-3-8-25(48)9-4-22/h3-14,16,19-20,30-32,36-37,45,48-49H,15,17-18,21H2,1-2H3. The van der Waals surface area contributed by atoms with Crippen molar-refractivity contribution in [2.75, 3.05) is 26.2 Å². The number of imide groups is 2. The van der Waals surface area contributed by atoms with Crippen LogP contribution in [0.4, 0.5) is 5.69 Å². The Kier molecular flexibility index (Phi) is 9.25. The number of nitrogens with one attached hydrogen (secondary N) is 1. The van der Waals surface area contributed by atoms with Crippen molar-refractivity contribution >= 4 is 52.5 Å². The van der Waals surface area contributed by atoms with Crippen LogP contribution in [0.15, 0.2) is 96.6 Å². The average molecular weight is 783 g/mol. The van der Waals surface area contributed by atoms with Crippen LogP contribution in [-0.4, -0.2) is 64.5 Å². The molecule has 6 unspecified atom stereocenters. The van der Waals surface area contributed by atoms with Gasteiger partial charge in [0, 0.05) is 29.1 Å². The molecule has 282 valence electrons. The number of amides is 4. The fourth-order valence-corrected chi connectivity index (χ4v) is 9.77. The number of fused-ring (bicyclic) bond motifs is 4. The number of ether oxygens (including phenoxy) is 2. The third kappa shape index (κ3) is 5.79. The van der Waals surface area contributed by atoms with Gasteiger partial charge in [0.1, 0.15) is 23.0 Å². The minimum absolute atomic E-state index is 0.0592. The molecule has 11 nitrogen and oxygen atoms in total. The van der Waals surface area contributed by atoms with Gasteiger partial charge in [-0.2, -0.15) is 5.01 Å². The summed E-state index contributed by atoms with van der Waals surface area (Å²) in [7, 11) is 3.00. The summed E-state index contributed by atoms with van der Waals surface area (Å²) in [6.07, 6.45) is 2.71. The van der Waals surface area contributed by atoms with Crippen molar-refractivity contribution < 1.29 is 38.9 Å². The topological polar surface area (TPSA) is 146 Å². The van der Waals surface area contributed by atoms with Crippen LogP contribution in [0.2, 0.25) is 10.0 Å². The number of benzene rings is 4. The molecule has 0 aromatic heterocycles. The Morgan fingerprint density at radius 2 is 1.55 bits per heavy atom. The van der Waals surface area contributed by atoms with E-state index >= 15 is 4.79 Å². The SMILES string of the molecule is COc1ccc(C23C(=O)N(Nc4ccc(Cl)cc4Cl)C(=O)C2CC2C(=CCC4C(=O)N(CCc5ccc(O)cc5)C(=O)C42)C3c2ccc(O)cc2OC)cc1. The van der Waals surface area contributed by atoms with Crippen molar-refractivity contribution in [3.8, 4) is 23.0 Å². The van der Waals surface area contributed by atoms with Crippen molar-refractivity contribution in [1.29, 1.82) is 0 Å². The highest BCUT2D eigenvalue weighted by atomic mass is 35.5. The maximum Gasteiger partial charge on any atom is 0.260 e. The zero-order valence-corrected chi connectivity index (χ0v) is 31.4. The van der Waals surface area contributed by atoms with E-state index in [9.17, 15) is 24.6 Å². The molecule has 1 saturated carbocycles. The predicted molar refractivity (Wildman–Crippen MR) is 204 cm³/mol. The number of hydrogen-bond acceptors (Lipinski definition) is 9. The molecule has 4 amide bonds. The molecule has 8 rings (SSSR count). The first-order valence-electron chi connectivity index (χ1n) is 17.9. The molecule has 4 aromatic carbocycles. The maximum atomic E-state index is 15.5. The lowest BCUT2D eigenvalue weighted by Gasteiger charge is -2.50. The molecule has 3 N–H and O–H groups in total. The number of aromatic hydroxyl groups is 2. The second kappa shape index (κ2) is 14.0. The number of carbonyl (C=O) groups is 4. The Labute approximate surface area is 327 Å². The lowest BCUT2D eigenvalue weighted by Crippen LogP contribution is -2.53. The Morgan fingerprint density at radius 3 is 2.24 bits per heavy atom. The maximum absolute atomic E-state index is 15.5. The van der Waals surface area contributed by atoms with Crippen LogP contribution >= 0.6 is 23.2 Å². The van der Waals surface area contributed by atoms with Crippen molar-refractivity contribution in [2.45, 2.75) is 30.6 Å². The van der Waals surface area contributed by atoms with Gasteiger partial charge < -0.3 is 19.7 Å². The molecule has 2 saturated heterocycles. The molecule has 0 spiro atoms. The van der Waals surface area contributed by atoms with Crippen LogP contribution in [0.1, 0.15) is 35.4 Å². The predicted octanol–water partition coefficient (Wildman–Crippen LogP) is 6.65. The van der Waals surface area contributed by atoms with E-state index in [-0.39, 0.29) is 59.2 Å². The third-order valence-electron chi connectivity index (χ3n) is 11.8. The zero-order chi connectivity index (χ0) is 38.8. The molecule has 3 fully saturated rings. The van der Waals surface area contributed by atoms with Crippen LogP contribution in [0.5, 0.6) is 23.0 Å². The molecule has 0 radical (unpaired) electrons. The largest absolute Gasteiger partial charge is 0.508 e. The molecule has 6 atom stereocenters. The van der Waals surface area contributed by atoms with E-state index in [1.807, 2.05) is 6.08 Å². The number of anilines is 1. The van der Waals surface area contributed by atoms with Crippen LogP contribution < -0.4 is 14.9 Å². The summed E-state index contributed by atoms with van der Waals surface area (Å²) < 4.78 is 11.3. The number of phenols is 2. The van der Waals surface area contributed by atoms with E-state index in [4.69, 9.17) is 32.7 Å². The molecule has 55 heavy (non-hydrogen) atoms. The number of nitrogens with zero attached hydrogens (tertiary/aromatic N) is 2. The number of phenolic OH excluding ortho intramolecular Hbond substituents is 2. The van der Waals surface area contributed by atoms with Gasteiger partial charge in [0.15, 0.2) is 0 Å².